The number of hydrogen-bond donors (Lipinski definition) is 1. The molecule has 2 rings (SSSR count). The van der Waals surface area contributed by atoms with Gasteiger partial charge in [-0.3, -0.25) is 4.79 Å². The topological polar surface area (TPSA) is 32.9 Å². The van der Waals surface area contributed by atoms with Gasteiger partial charge in [-0.15, -0.1) is 0 Å². The zero-order valence-electron chi connectivity index (χ0n) is 10.1. The van der Waals surface area contributed by atoms with Crippen molar-refractivity contribution < 1.29 is 26.3 Å². The fourth-order valence-electron chi connectivity index (χ4n) is 1.78. The number of nitrogens with one attached hydrogen (secondary N) is 1. The molecule has 0 amide bonds. The summed E-state index contributed by atoms with van der Waals surface area (Å²) < 4.78 is 76.4. The number of benzene rings is 1. The fourth-order valence-corrected chi connectivity index (χ4v) is 1.78. The first-order valence-electron chi connectivity index (χ1n) is 5.56. The van der Waals surface area contributed by atoms with E-state index in [1.54, 1.807) is 0 Å². The zero-order chi connectivity index (χ0) is 15.8. The Morgan fingerprint density at radius 1 is 0.857 bits per heavy atom. The second kappa shape index (κ2) is 4.94. The second-order valence-electron chi connectivity index (χ2n) is 4.20. The van der Waals surface area contributed by atoms with Gasteiger partial charge in [0, 0.05) is 12.3 Å². The Bertz CT molecular complexity index is 693. The molecule has 1 heterocycles. The van der Waals surface area contributed by atoms with Gasteiger partial charge in [0.05, 0.1) is 11.1 Å². The van der Waals surface area contributed by atoms with Gasteiger partial charge in [0.25, 0.3) is 0 Å². The van der Waals surface area contributed by atoms with Gasteiger partial charge in [-0.25, -0.2) is 0 Å². The quantitative estimate of drug-likeness (QED) is 0.791. The summed E-state index contributed by atoms with van der Waals surface area (Å²) in [5.74, 6) is 0. The average Bonchev–Trinajstić information content (AvgIpc) is 2.37. The van der Waals surface area contributed by atoms with Crippen LogP contribution in [0.3, 0.4) is 0 Å². The van der Waals surface area contributed by atoms with E-state index in [1.165, 1.54) is 0 Å². The van der Waals surface area contributed by atoms with Gasteiger partial charge < -0.3 is 4.98 Å². The molecule has 0 fully saturated rings. The largest absolute Gasteiger partial charge is 0.417 e. The third-order valence-corrected chi connectivity index (χ3v) is 2.75. The SMILES string of the molecule is O=c1ccc(-c2ccc(C(F)(F)F)cc2C(F)(F)F)c[nH]1. The highest BCUT2D eigenvalue weighted by molar-refractivity contribution is 5.67. The molecule has 0 atom stereocenters. The highest BCUT2D eigenvalue weighted by atomic mass is 19.4. The molecule has 0 spiro atoms. The molecule has 1 N–H and O–H groups in total. The summed E-state index contributed by atoms with van der Waals surface area (Å²) in [6.07, 6.45) is -8.81. The summed E-state index contributed by atoms with van der Waals surface area (Å²) in [7, 11) is 0. The Balaban J connectivity index is 2.66. The molecular weight excluding hydrogens is 300 g/mol. The Morgan fingerprint density at radius 3 is 2.00 bits per heavy atom. The minimum Gasteiger partial charge on any atom is -0.328 e. The molecule has 8 heteroatoms. The normalized spacial score (nSPS) is 12.5. The fraction of sp³-hybridized carbons (Fsp3) is 0.154. The highest BCUT2D eigenvalue weighted by Crippen LogP contribution is 2.40. The Hall–Kier alpha value is -2.25. The third-order valence-electron chi connectivity index (χ3n) is 2.75. The molecule has 0 unspecified atom stereocenters. The van der Waals surface area contributed by atoms with Crippen LogP contribution in [0.5, 0.6) is 0 Å². The number of halogens is 6. The van der Waals surface area contributed by atoms with Gasteiger partial charge in [0.15, 0.2) is 0 Å². The van der Waals surface area contributed by atoms with Crippen molar-refractivity contribution in [1.82, 2.24) is 4.98 Å². The molecule has 0 aliphatic heterocycles. The van der Waals surface area contributed by atoms with Crippen LogP contribution in [0.15, 0.2) is 41.3 Å². The number of aromatic amines is 1. The highest BCUT2D eigenvalue weighted by Gasteiger charge is 2.38. The van der Waals surface area contributed by atoms with Crippen molar-refractivity contribution >= 4 is 0 Å². The molecule has 1 aromatic carbocycles. The van der Waals surface area contributed by atoms with Crippen molar-refractivity contribution in [3.05, 3.63) is 58.0 Å². The molecule has 0 saturated heterocycles. The maximum absolute atomic E-state index is 12.9. The molecule has 0 saturated carbocycles. The molecule has 0 aliphatic carbocycles. The van der Waals surface area contributed by atoms with E-state index in [-0.39, 0.29) is 11.6 Å². The molecule has 0 aliphatic rings. The number of rotatable bonds is 1. The van der Waals surface area contributed by atoms with Gasteiger partial charge in [-0.05, 0) is 29.3 Å². The number of aromatic nitrogens is 1. The predicted molar refractivity (Wildman–Crippen MR) is 62.5 cm³/mol. The first-order chi connectivity index (χ1) is 9.59. The Labute approximate surface area is 114 Å². The minimum atomic E-state index is -4.95. The van der Waals surface area contributed by atoms with Crippen molar-refractivity contribution in [2.45, 2.75) is 12.4 Å². The minimum absolute atomic E-state index is 0.0318. The van der Waals surface area contributed by atoms with Crippen LogP contribution in [0.25, 0.3) is 11.1 Å². The van der Waals surface area contributed by atoms with Crippen LogP contribution < -0.4 is 5.56 Å². The lowest BCUT2D eigenvalue weighted by atomic mass is 9.98. The van der Waals surface area contributed by atoms with Crippen molar-refractivity contribution in [2.75, 3.05) is 0 Å². The van der Waals surface area contributed by atoms with Gasteiger partial charge in [0.1, 0.15) is 0 Å². The van der Waals surface area contributed by atoms with Crippen LogP contribution in [0.4, 0.5) is 26.3 Å². The molecule has 21 heavy (non-hydrogen) atoms. The lowest BCUT2D eigenvalue weighted by Gasteiger charge is -2.15. The molecule has 1 aromatic heterocycles. The van der Waals surface area contributed by atoms with E-state index >= 15 is 0 Å². The summed E-state index contributed by atoms with van der Waals surface area (Å²) in [6.45, 7) is 0. The van der Waals surface area contributed by atoms with Crippen molar-refractivity contribution in [1.29, 1.82) is 0 Å². The molecular formula is C13H7F6NO. The number of H-pyrrole nitrogens is 1. The third kappa shape index (κ3) is 3.26. The lowest BCUT2D eigenvalue weighted by Crippen LogP contribution is -2.12. The van der Waals surface area contributed by atoms with Crippen LogP contribution in [-0.4, -0.2) is 4.98 Å². The number of alkyl halides is 6. The number of pyridine rings is 1. The van der Waals surface area contributed by atoms with E-state index in [0.29, 0.717) is 6.07 Å². The first-order valence-corrected chi connectivity index (χ1v) is 5.56. The second-order valence-corrected chi connectivity index (χ2v) is 4.20. The zero-order valence-corrected chi connectivity index (χ0v) is 10.1. The maximum atomic E-state index is 12.9. The smallest absolute Gasteiger partial charge is 0.328 e. The summed E-state index contributed by atoms with van der Waals surface area (Å²) in [4.78, 5) is 13.1. The van der Waals surface area contributed by atoms with Crippen molar-refractivity contribution in [3.8, 4) is 11.1 Å². The van der Waals surface area contributed by atoms with Gasteiger partial charge in [-0.1, -0.05) is 6.07 Å². The van der Waals surface area contributed by atoms with E-state index in [1.807, 2.05) is 0 Å². The molecule has 112 valence electrons. The van der Waals surface area contributed by atoms with E-state index in [0.717, 1.165) is 24.4 Å². The summed E-state index contributed by atoms with van der Waals surface area (Å²) in [5, 5.41) is 0. The van der Waals surface area contributed by atoms with E-state index < -0.39 is 34.6 Å². The van der Waals surface area contributed by atoms with Crippen LogP contribution in [0.1, 0.15) is 11.1 Å². The summed E-state index contributed by atoms with van der Waals surface area (Å²) in [5.41, 5.74) is -3.80. The van der Waals surface area contributed by atoms with Crippen LogP contribution in [-0.2, 0) is 12.4 Å². The van der Waals surface area contributed by atoms with E-state index in [9.17, 15) is 31.1 Å². The van der Waals surface area contributed by atoms with Gasteiger partial charge >= 0.3 is 12.4 Å². The van der Waals surface area contributed by atoms with Crippen LogP contribution in [0.2, 0.25) is 0 Å². The standard InChI is InChI=1S/C13H7F6NO/c14-12(15,16)8-2-3-9(10(5-8)13(17,18)19)7-1-4-11(21)20-6-7/h1-6H,(H,20,21). The first kappa shape index (κ1) is 15.1. The van der Waals surface area contributed by atoms with Crippen LogP contribution >= 0.6 is 0 Å². The Morgan fingerprint density at radius 2 is 1.52 bits per heavy atom. The molecule has 0 radical (unpaired) electrons. The van der Waals surface area contributed by atoms with Gasteiger partial charge in [0.2, 0.25) is 5.56 Å². The predicted octanol–water partition coefficient (Wildman–Crippen LogP) is 4.08. The Kier molecular flexibility index (Phi) is 3.56. The summed E-state index contributed by atoms with van der Waals surface area (Å²) in [6, 6.07) is 3.46. The van der Waals surface area contributed by atoms with Crippen molar-refractivity contribution in [3.63, 3.8) is 0 Å². The van der Waals surface area contributed by atoms with E-state index in [4.69, 9.17) is 0 Å². The van der Waals surface area contributed by atoms with Gasteiger partial charge in [-0.2, -0.15) is 26.3 Å². The molecule has 2 nitrogen and oxygen atoms in total. The van der Waals surface area contributed by atoms with Crippen molar-refractivity contribution in [2.24, 2.45) is 0 Å². The number of hydrogen-bond acceptors (Lipinski definition) is 1. The van der Waals surface area contributed by atoms with E-state index in [2.05, 4.69) is 4.98 Å². The monoisotopic (exact) mass is 307 g/mol. The average molecular weight is 307 g/mol. The lowest BCUT2D eigenvalue weighted by molar-refractivity contribution is -0.142. The van der Waals surface area contributed by atoms with Crippen LogP contribution in [0, 0.1) is 0 Å². The summed E-state index contributed by atoms with van der Waals surface area (Å²) >= 11 is 0. The molecule has 0 bridgehead atoms. The maximum Gasteiger partial charge on any atom is 0.417 e. The molecule has 2 aromatic rings.